The van der Waals surface area contributed by atoms with Crippen molar-refractivity contribution in [3.63, 3.8) is 0 Å². The maximum absolute atomic E-state index is 13.1. The first-order chi connectivity index (χ1) is 13.6. The maximum Gasteiger partial charge on any atom is 0.294 e. The van der Waals surface area contributed by atoms with Gasteiger partial charge >= 0.3 is 0 Å². The van der Waals surface area contributed by atoms with Crippen molar-refractivity contribution in [3.05, 3.63) is 95.6 Å². The van der Waals surface area contributed by atoms with Crippen LogP contribution in [0.15, 0.2) is 88.7 Å². The number of aliphatic hydroxyl groups excluding tert-OH is 1. The molecule has 1 atom stereocenters. The number of ether oxygens (including phenoxy) is 1. The van der Waals surface area contributed by atoms with Gasteiger partial charge in [0.15, 0.2) is 11.5 Å². The molecule has 1 unspecified atom stereocenters. The number of ketones is 1. The fraction of sp³-hybridized carbons (Fsp3) is 0.0909. The molecule has 28 heavy (non-hydrogen) atoms. The zero-order chi connectivity index (χ0) is 19.7. The summed E-state index contributed by atoms with van der Waals surface area (Å²) in [5.74, 6) is -1.14. The van der Waals surface area contributed by atoms with Gasteiger partial charge in [-0.15, -0.1) is 0 Å². The molecule has 1 amide bonds. The van der Waals surface area contributed by atoms with Gasteiger partial charge in [0.1, 0.15) is 5.75 Å². The summed E-state index contributed by atoms with van der Waals surface area (Å²) >= 11 is 0. The highest BCUT2D eigenvalue weighted by atomic mass is 16.5. The maximum atomic E-state index is 13.1. The second-order valence-corrected chi connectivity index (χ2v) is 6.26. The Labute approximate surface area is 161 Å². The minimum atomic E-state index is -0.817. The molecule has 0 saturated heterocycles. The number of amides is 1. The van der Waals surface area contributed by atoms with Crippen LogP contribution in [0, 0.1) is 0 Å². The first-order valence-electron chi connectivity index (χ1n) is 8.65. The highest BCUT2D eigenvalue weighted by Gasteiger charge is 2.45. The number of rotatable bonds is 5. The number of hydrogen-bond donors (Lipinski definition) is 1. The van der Waals surface area contributed by atoms with Crippen molar-refractivity contribution in [1.29, 1.82) is 0 Å². The van der Waals surface area contributed by atoms with Crippen molar-refractivity contribution in [1.82, 2.24) is 0 Å². The summed E-state index contributed by atoms with van der Waals surface area (Å²) in [7, 11) is 1.54. The number of para-hydroxylation sites is 1. The van der Waals surface area contributed by atoms with Gasteiger partial charge in [0, 0.05) is 5.69 Å². The normalized spacial score (nSPS) is 16.5. The Kier molecular flexibility index (Phi) is 4.45. The number of Topliss-reactive ketones (excluding diaryl/α,β-unsaturated/α-hetero) is 1. The molecular weight excluding hydrogens is 358 g/mol. The van der Waals surface area contributed by atoms with Crippen LogP contribution >= 0.6 is 0 Å². The molecule has 6 heteroatoms. The van der Waals surface area contributed by atoms with Gasteiger partial charge in [-0.1, -0.05) is 30.3 Å². The molecule has 0 radical (unpaired) electrons. The van der Waals surface area contributed by atoms with Gasteiger partial charge in [-0.05, 0) is 42.0 Å². The fourth-order valence-corrected chi connectivity index (χ4v) is 3.36. The summed E-state index contributed by atoms with van der Waals surface area (Å²) in [5, 5.41) is 10.6. The van der Waals surface area contributed by atoms with E-state index in [0.29, 0.717) is 17.0 Å². The van der Waals surface area contributed by atoms with Crippen LogP contribution in [0.4, 0.5) is 5.69 Å². The number of carbonyl (C=O) groups is 2. The molecule has 4 rings (SSSR count). The number of nitrogens with zero attached hydrogens (tertiary/aromatic N) is 1. The molecule has 0 aliphatic carbocycles. The molecule has 140 valence electrons. The third-order valence-electron chi connectivity index (χ3n) is 4.64. The predicted molar refractivity (Wildman–Crippen MR) is 102 cm³/mol. The van der Waals surface area contributed by atoms with Crippen LogP contribution in [0.2, 0.25) is 0 Å². The summed E-state index contributed by atoms with van der Waals surface area (Å²) in [5.41, 5.74) is 1.17. The molecule has 0 bridgehead atoms. The van der Waals surface area contributed by atoms with Crippen LogP contribution in [-0.4, -0.2) is 23.9 Å². The van der Waals surface area contributed by atoms with E-state index in [0.717, 1.165) is 0 Å². The van der Waals surface area contributed by atoms with Gasteiger partial charge in [0.2, 0.25) is 5.78 Å². The lowest BCUT2D eigenvalue weighted by Gasteiger charge is -2.27. The third kappa shape index (κ3) is 2.85. The highest BCUT2D eigenvalue weighted by molar-refractivity contribution is 6.20. The molecule has 1 N–H and O–H groups in total. The minimum Gasteiger partial charge on any atom is -0.503 e. The Bertz CT molecular complexity index is 1050. The summed E-state index contributed by atoms with van der Waals surface area (Å²) in [4.78, 5) is 27.4. The smallest absolute Gasteiger partial charge is 0.294 e. The van der Waals surface area contributed by atoms with Crippen LogP contribution < -0.4 is 9.64 Å². The molecular formula is C22H17NO5. The topological polar surface area (TPSA) is 80.0 Å². The average molecular weight is 375 g/mol. The number of furan rings is 1. The second kappa shape index (κ2) is 7.08. The predicted octanol–water partition coefficient (Wildman–Crippen LogP) is 4.07. The fourth-order valence-electron chi connectivity index (χ4n) is 3.36. The van der Waals surface area contributed by atoms with Crippen molar-refractivity contribution >= 4 is 17.4 Å². The third-order valence-corrected chi connectivity index (χ3v) is 4.64. The lowest BCUT2D eigenvalue weighted by atomic mass is 9.94. The summed E-state index contributed by atoms with van der Waals surface area (Å²) < 4.78 is 10.5. The number of anilines is 1. The molecule has 1 aromatic heterocycles. The van der Waals surface area contributed by atoms with Crippen LogP contribution in [0.1, 0.15) is 22.2 Å². The lowest BCUT2D eigenvalue weighted by molar-refractivity contribution is -0.117. The van der Waals surface area contributed by atoms with Gasteiger partial charge in [-0.3, -0.25) is 14.5 Å². The van der Waals surface area contributed by atoms with E-state index >= 15 is 0 Å². The Morgan fingerprint density at radius 1 is 1.07 bits per heavy atom. The summed E-state index contributed by atoms with van der Waals surface area (Å²) in [6.07, 6.45) is 1.37. The van der Waals surface area contributed by atoms with Gasteiger partial charge < -0.3 is 14.3 Å². The molecule has 2 heterocycles. The van der Waals surface area contributed by atoms with E-state index in [9.17, 15) is 14.7 Å². The number of hydrogen-bond acceptors (Lipinski definition) is 5. The standard InChI is InChI=1S/C22H17NO5/c1-27-16-10-5-7-14(13-16)19-18(20(24)17-11-6-12-28-17)21(25)22(26)23(19)15-8-3-2-4-9-15/h2-13,19,25H,1H3. The van der Waals surface area contributed by atoms with E-state index in [4.69, 9.17) is 9.15 Å². The lowest BCUT2D eigenvalue weighted by Crippen LogP contribution is -2.31. The number of aliphatic hydroxyl groups is 1. The largest absolute Gasteiger partial charge is 0.503 e. The Morgan fingerprint density at radius 2 is 1.86 bits per heavy atom. The van der Waals surface area contributed by atoms with E-state index in [1.807, 2.05) is 6.07 Å². The van der Waals surface area contributed by atoms with Crippen molar-refractivity contribution in [2.24, 2.45) is 0 Å². The molecule has 0 spiro atoms. The van der Waals surface area contributed by atoms with Crippen LogP contribution in [0.5, 0.6) is 5.75 Å². The Hall–Kier alpha value is -3.80. The van der Waals surface area contributed by atoms with Gasteiger partial charge in [-0.2, -0.15) is 0 Å². The number of methoxy groups -OCH3 is 1. The zero-order valence-electron chi connectivity index (χ0n) is 15.0. The first-order valence-corrected chi connectivity index (χ1v) is 8.65. The van der Waals surface area contributed by atoms with Crippen LogP contribution in [-0.2, 0) is 4.79 Å². The average Bonchev–Trinajstić information content (AvgIpc) is 3.36. The van der Waals surface area contributed by atoms with Crippen molar-refractivity contribution in [2.45, 2.75) is 6.04 Å². The number of benzene rings is 2. The van der Waals surface area contributed by atoms with Crippen molar-refractivity contribution in [2.75, 3.05) is 12.0 Å². The molecule has 1 aliphatic rings. The quantitative estimate of drug-likeness (QED) is 0.680. The monoisotopic (exact) mass is 375 g/mol. The van der Waals surface area contributed by atoms with E-state index in [1.165, 1.54) is 24.3 Å². The first kappa shape index (κ1) is 17.6. The van der Waals surface area contributed by atoms with E-state index in [1.54, 1.807) is 54.6 Å². The van der Waals surface area contributed by atoms with Gasteiger partial charge in [0.25, 0.3) is 5.91 Å². The number of carbonyl (C=O) groups excluding carboxylic acids is 2. The molecule has 0 saturated carbocycles. The van der Waals surface area contributed by atoms with Crippen molar-refractivity contribution in [3.8, 4) is 5.75 Å². The summed E-state index contributed by atoms with van der Waals surface area (Å²) in [6.45, 7) is 0. The minimum absolute atomic E-state index is 0.0305. The van der Waals surface area contributed by atoms with Gasteiger partial charge in [0.05, 0.1) is 25.0 Å². The second-order valence-electron chi connectivity index (χ2n) is 6.26. The zero-order valence-corrected chi connectivity index (χ0v) is 15.0. The Balaban J connectivity index is 1.89. The van der Waals surface area contributed by atoms with E-state index in [-0.39, 0.29) is 11.3 Å². The van der Waals surface area contributed by atoms with Crippen LogP contribution in [0.25, 0.3) is 0 Å². The van der Waals surface area contributed by atoms with Gasteiger partial charge in [-0.25, -0.2) is 0 Å². The Morgan fingerprint density at radius 3 is 2.54 bits per heavy atom. The highest BCUT2D eigenvalue weighted by Crippen LogP contribution is 2.42. The SMILES string of the molecule is COc1cccc(C2C(C(=O)c3ccco3)=C(O)C(=O)N2c2ccccc2)c1. The molecule has 2 aromatic carbocycles. The molecule has 0 fully saturated rings. The molecule has 6 nitrogen and oxygen atoms in total. The molecule has 3 aromatic rings. The molecule has 1 aliphatic heterocycles. The summed E-state index contributed by atoms with van der Waals surface area (Å²) in [6, 6.07) is 18.2. The van der Waals surface area contributed by atoms with E-state index in [2.05, 4.69) is 0 Å². The van der Waals surface area contributed by atoms with Crippen molar-refractivity contribution < 1.29 is 23.8 Å². The van der Waals surface area contributed by atoms with Crippen LogP contribution in [0.3, 0.4) is 0 Å². The van der Waals surface area contributed by atoms with E-state index < -0.39 is 23.5 Å².